The van der Waals surface area contributed by atoms with Crippen LogP contribution in [0.15, 0.2) is 24.3 Å². The molecule has 1 aromatic rings. The third-order valence-corrected chi connectivity index (χ3v) is 2.82. The molecule has 0 aliphatic heterocycles. The molecule has 2 N–H and O–H groups in total. The lowest BCUT2D eigenvalue weighted by Gasteiger charge is -2.19. The van der Waals surface area contributed by atoms with Crippen LogP contribution in [0.25, 0.3) is 0 Å². The van der Waals surface area contributed by atoms with Crippen molar-refractivity contribution in [2.24, 2.45) is 0 Å². The van der Waals surface area contributed by atoms with Gasteiger partial charge in [-0.15, -0.1) is 0 Å². The standard InChI is InChI=1S/C16H27NO3/c1-4-10-19-15-5-7-16(8-6-15)20-11-9-14(12-18)17-13(2)3/h5-8,13-14,17-18H,4,9-12H2,1-3H3. The van der Waals surface area contributed by atoms with Crippen LogP contribution in [0.4, 0.5) is 0 Å². The number of hydrogen-bond acceptors (Lipinski definition) is 4. The largest absolute Gasteiger partial charge is 0.494 e. The minimum absolute atomic E-state index is 0.0853. The molecule has 0 spiro atoms. The van der Waals surface area contributed by atoms with E-state index in [4.69, 9.17) is 9.47 Å². The molecule has 0 saturated carbocycles. The molecule has 20 heavy (non-hydrogen) atoms. The van der Waals surface area contributed by atoms with Crippen LogP contribution in [0.2, 0.25) is 0 Å². The summed E-state index contributed by atoms with van der Waals surface area (Å²) in [5.41, 5.74) is 0. The van der Waals surface area contributed by atoms with Gasteiger partial charge in [0.15, 0.2) is 0 Å². The third-order valence-electron chi connectivity index (χ3n) is 2.82. The van der Waals surface area contributed by atoms with Crippen LogP contribution >= 0.6 is 0 Å². The topological polar surface area (TPSA) is 50.7 Å². The van der Waals surface area contributed by atoms with Crippen molar-refractivity contribution in [3.63, 3.8) is 0 Å². The van der Waals surface area contributed by atoms with Crippen molar-refractivity contribution in [1.82, 2.24) is 5.32 Å². The van der Waals surface area contributed by atoms with E-state index >= 15 is 0 Å². The Morgan fingerprint density at radius 3 is 2.05 bits per heavy atom. The Kier molecular flexibility index (Phi) is 8.07. The van der Waals surface area contributed by atoms with E-state index in [1.165, 1.54) is 0 Å². The van der Waals surface area contributed by atoms with Crippen molar-refractivity contribution in [3.05, 3.63) is 24.3 Å². The maximum Gasteiger partial charge on any atom is 0.119 e. The van der Waals surface area contributed by atoms with Crippen LogP contribution < -0.4 is 14.8 Å². The van der Waals surface area contributed by atoms with Crippen LogP contribution in [-0.4, -0.2) is 37.0 Å². The molecule has 0 heterocycles. The highest BCUT2D eigenvalue weighted by Gasteiger charge is 2.08. The van der Waals surface area contributed by atoms with Gasteiger partial charge in [0.2, 0.25) is 0 Å². The molecule has 0 saturated heterocycles. The minimum Gasteiger partial charge on any atom is -0.494 e. The predicted molar refractivity (Wildman–Crippen MR) is 81.5 cm³/mol. The summed E-state index contributed by atoms with van der Waals surface area (Å²) in [6.07, 6.45) is 1.78. The van der Waals surface area contributed by atoms with Crippen LogP contribution in [-0.2, 0) is 0 Å². The molecule has 0 bridgehead atoms. The SMILES string of the molecule is CCCOc1ccc(OCCC(CO)NC(C)C)cc1. The molecule has 1 unspecified atom stereocenters. The van der Waals surface area contributed by atoms with Gasteiger partial charge >= 0.3 is 0 Å². The zero-order chi connectivity index (χ0) is 14.8. The summed E-state index contributed by atoms with van der Waals surface area (Å²) in [5.74, 6) is 1.70. The molecule has 1 rings (SSSR count). The summed E-state index contributed by atoms with van der Waals surface area (Å²) in [7, 11) is 0. The first kappa shape index (κ1) is 16.8. The van der Waals surface area contributed by atoms with Gasteiger partial charge < -0.3 is 19.9 Å². The molecule has 0 aliphatic carbocycles. The second kappa shape index (κ2) is 9.61. The number of ether oxygens (including phenoxy) is 2. The predicted octanol–water partition coefficient (Wildman–Crippen LogP) is 2.60. The maximum absolute atomic E-state index is 9.26. The lowest BCUT2D eigenvalue weighted by Crippen LogP contribution is -2.38. The number of aliphatic hydroxyl groups excluding tert-OH is 1. The molecule has 0 radical (unpaired) electrons. The van der Waals surface area contributed by atoms with Gasteiger partial charge in [-0.25, -0.2) is 0 Å². The Hall–Kier alpha value is -1.26. The molecule has 0 amide bonds. The summed E-state index contributed by atoms with van der Waals surface area (Å²) in [6.45, 7) is 7.67. The molecule has 4 heteroatoms. The fourth-order valence-corrected chi connectivity index (χ4v) is 1.87. The van der Waals surface area contributed by atoms with Crippen molar-refractivity contribution in [2.45, 2.75) is 45.7 Å². The number of rotatable bonds is 10. The first-order valence-electron chi connectivity index (χ1n) is 7.38. The van der Waals surface area contributed by atoms with Gasteiger partial charge in [-0.3, -0.25) is 0 Å². The highest BCUT2D eigenvalue weighted by atomic mass is 16.5. The third kappa shape index (κ3) is 6.78. The minimum atomic E-state index is 0.0853. The second-order valence-corrected chi connectivity index (χ2v) is 5.16. The van der Waals surface area contributed by atoms with E-state index < -0.39 is 0 Å². The summed E-state index contributed by atoms with van der Waals surface area (Å²) in [6, 6.07) is 8.11. The van der Waals surface area contributed by atoms with E-state index in [0.717, 1.165) is 30.9 Å². The number of hydrogen-bond donors (Lipinski definition) is 2. The molecular weight excluding hydrogens is 254 g/mol. The Bertz CT molecular complexity index is 351. The molecule has 1 aromatic carbocycles. The summed E-state index contributed by atoms with van der Waals surface area (Å²) < 4.78 is 11.2. The van der Waals surface area contributed by atoms with Gasteiger partial charge in [0.1, 0.15) is 11.5 Å². The fraction of sp³-hybridized carbons (Fsp3) is 0.625. The summed E-state index contributed by atoms with van der Waals surface area (Å²) in [5, 5.41) is 12.6. The van der Waals surface area contributed by atoms with Gasteiger partial charge in [-0.1, -0.05) is 20.8 Å². The average molecular weight is 281 g/mol. The van der Waals surface area contributed by atoms with Crippen molar-refractivity contribution in [3.8, 4) is 11.5 Å². The van der Waals surface area contributed by atoms with Crippen molar-refractivity contribution in [2.75, 3.05) is 19.8 Å². The van der Waals surface area contributed by atoms with E-state index in [0.29, 0.717) is 12.6 Å². The van der Waals surface area contributed by atoms with Crippen molar-refractivity contribution >= 4 is 0 Å². The Morgan fingerprint density at radius 1 is 1.05 bits per heavy atom. The Labute approximate surface area is 122 Å². The van der Waals surface area contributed by atoms with Crippen LogP contribution in [0.5, 0.6) is 11.5 Å². The zero-order valence-electron chi connectivity index (χ0n) is 12.8. The zero-order valence-corrected chi connectivity index (χ0v) is 12.8. The molecule has 0 aromatic heterocycles. The normalized spacial score (nSPS) is 12.4. The molecule has 0 fully saturated rings. The van der Waals surface area contributed by atoms with Crippen LogP contribution in [0.1, 0.15) is 33.6 Å². The molecule has 0 aliphatic rings. The molecule has 4 nitrogen and oxygen atoms in total. The molecule has 1 atom stereocenters. The lowest BCUT2D eigenvalue weighted by molar-refractivity contribution is 0.202. The highest BCUT2D eigenvalue weighted by Crippen LogP contribution is 2.18. The van der Waals surface area contributed by atoms with E-state index in [1.807, 2.05) is 24.3 Å². The lowest BCUT2D eigenvalue weighted by atomic mass is 10.2. The first-order chi connectivity index (χ1) is 9.65. The quantitative estimate of drug-likeness (QED) is 0.692. The number of nitrogens with one attached hydrogen (secondary N) is 1. The Balaban J connectivity index is 2.30. The van der Waals surface area contributed by atoms with E-state index in [1.54, 1.807) is 0 Å². The summed E-state index contributed by atoms with van der Waals surface area (Å²) in [4.78, 5) is 0. The van der Waals surface area contributed by atoms with E-state index in [2.05, 4.69) is 26.1 Å². The fourth-order valence-electron chi connectivity index (χ4n) is 1.87. The van der Waals surface area contributed by atoms with Gasteiger partial charge in [-0.05, 0) is 37.1 Å². The van der Waals surface area contributed by atoms with Crippen molar-refractivity contribution < 1.29 is 14.6 Å². The summed E-state index contributed by atoms with van der Waals surface area (Å²) >= 11 is 0. The van der Waals surface area contributed by atoms with Gasteiger partial charge in [0.25, 0.3) is 0 Å². The van der Waals surface area contributed by atoms with Gasteiger partial charge in [0, 0.05) is 12.1 Å². The van der Waals surface area contributed by atoms with E-state index in [9.17, 15) is 5.11 Å². The number of aliphatic hydroxyl groups is 1. The Morgan fingerprint density at radius 2 is 1.60 bits per heavy atom. The van der Waals surface area contributed by atoms with Crippen LogP contribution in [0.3, 0.4) is 0 Å². The first-order valence-corrected chi connectivity index (χ1v) is 7.38. The van der Waals surface area contributed by atoms with E-state index in [-0.39, 0.29) is 12.6 Å². The smallest absolute Gasteiger partial charge is 0.119 e. The molecule has 114 valence electrons. The van der Waals surface area contributed by atoms with Gasteiger partial charge in [-0.2, -0.15) is 0 Å². The van der Waals surface area contributed by atoms with Crippen molar-refractivity contribution in [1.29, 1.82) is 0 Å². The second-order valence-electron chi connectivity index (χ2n) is 5.16. The highest BCUT2D eigenvalue weighted by molar-refractivity contribution is 5.31. The number of benzene rings is 1. The monoisotopic (exact) mass is 281 g/mol. The average Bonchev–Trinajstić information content (AvgIpc) is 2.45. The van der Waals surface area contributed by atoms with Gasteiger partial charge in [0.05, 0.1) is 19.8 Å². The van der Waals surface area contributed by atoms with Crippen LogP contribution in [0, 0.1) is 0 Å². The molecular formula is C16H27NO3. The maximum atomic E-state index is 9.26.